The van der Waals surface area contributed by atoms with Gasteiger partial charge in [0.15, 0.2) is 6.10 Å². The average Bonchev–Trinajstić information content (AvgIpc) is 3.55. The van der Waals surface area contributed by atoms with Gasteiger partial charge in [0.2, 0.25) is 0 Å². The molecule has 2 amide bonds. The molecule has 1 saturated heterocycles. The molecule has 2 aliphatic carbocycles. The molecule has 178 valence electrons. The number of carbonyl (C=O) groups excluding carboxylic acids is 2. The zero-order valence-electron chi connectivity index (χ0n) is 18.7. The molecule has 1 saturated carbocycles. The van der Waals surface area contributed by atoms with Gasteiger partial charge in [0.05, 0.1) is 12.0 Å². The zero-order chi connectivity index (χ0) is 23.7. The Morgan fingerprint density at radius 1 is 0.912 bits per heavy atom. The summed E-state index contributed by atoms with van der Waals surface area (Å²) in [6, 6.07) is 15.3. The van der Waals surface area contributed by atoms with Crippen molar-refractivity contribution >= 4 is 18.0 Å². The van der Waals surface area contributed by atoms with E-state index in [0.29, 0.717) is 25.9 Å². The minimum Gasteiger partial charge on any atom is -0.481 e. The first-order valence-electron chi connectivity index (χ1n) is 11.8. The van der Waals surface area contributed by atoms with E-state index in [1.54, 1.807) is 0 Å². The number of carboxylic acids is 1. The van der Waals surface area contributed by atoms with Gasteiger partial charge in [0, 0.05) is 18.6 Å². The molecule has 34 heavy (non-hydrogen) atoms. The first kappa shape index (κ1) is 22.4. The summed E-state index contributed by atoms with van der Waals surface area (Å²) in [7, 11) is 0. The van der Waals surface area contributed by atoms with Crippen molar-refractivity contribution in [3.63, 3.8) is 0 Å². The Kier molecular flexibility index (Phi) is 6.24. The summed E-state index contributed by atoms with van der Waals surface area (Å²) in [6.07, 6.45) is 0.951. The Bertz CT molecular complexity index is 1060. The number of nitrogens with one attached hydrogen (secondary N) is 2. The van der Waals surface area contributed by atoms with Crippen LogP contribution < -0.4 is 10.6 Å². The van der Waals surface area contributed by atoms with E-state index in [2.05, 4.69) is 34.9 Å². The van der Waals surface area contributed by atoms with Gasteiger partial charge in [-0.25, -0.2) is 4.79 Å². The Morgan fingerprint density at radius 3 is 2.26 bits per heavy atom. The van der Waals surface area contributed by atoms with Crippen molar-refractivity contribution in [2.45, 2.75) is 49.8 Å². The Hall–Kier alpha value is -3.39. The number of carbonyl (C=O) groups is 3. The lowest BCUT2D eigenvalue weighted by atomic mass is 9.98. The lowest BCUT2D eigenvalue weighted by Crippen LogP contribution is -2.51. The molecule has 3 N–H and O–H groups in total. The summed E-state index contributed by atoms with van der Waals surface area (Å²) >= 11 is 0. The minimum absolute atomic E-state index is 0.0487. The minimum atomic E-state index is -0.900. The molecule has 1 heterocycles. The van der Waals surface area contributed by atoms with Gasteiger partial charge in [-0.3, -0.25) is 9.59 Å². The van der Waals surface area contributed by atoms with Gasteiger partial charge in [-0.1, -0.05) is 55.0 Å². The maximum atomic E-state index is 12.8. The highest BCUT2D eigenvalue weighted by molar-refractivity contribution is 5.84. The van der Waals surface area contributed by atoms with E-state index < -0.39 is 36.2 Å². The van der Waals surface area contributed by atoms with Crippen LogP contribution in [0.2, 0.25) is 0 Å². The number of fused-ring (bicyclic) bond motifs is 3. The zero-order valence-corrected chi connectivity index (χ0v) is 18.7. The molecule has 5 rings (SSSR count). The summed E-state index contributed by atoms with van der Waals surface area (Å²) in [5, 5.41) is 14.9. The Balaban J connectivity index is 1.19. The standard InChI is InChI=1S/C26H28N2O6/c29-24(27-21-11-5-10-19(21)25(30)31)23-22(12-13-33-23)28-26(32)34-14-20-17-8-3-1-6-15(17)16-7-2-4-9-18(16)20/h1-4,6-9,19-23H,5,10-14H2,(H,27,29)(H,28,32)(H,30,31)/t19-,21+,22?,23?/m1/s1. The number of ether oxygens (including phenoxy) is 2. The molecule has 8 nitrogen and oxygen atoms in total. The number of alkyl carbamates (subject to hydrolysis) is 1. The van der Waals surface area contributed by atoms with E-state index in [4.69, 9.17) is 9.47 Å². The summed E-state index contributed by atoms with van der Waals surface area (Å²) in [5.41, 5.74) is 4.56. The number of hydrogen-bond acceptors (Lipinski definition) is 5. The van der Waals surface area contributed by atoms with E-state index in [1.165, 1.54) is 0 Å². The first-order valence-corrected chi connectivity index (χ1v) is 11.8. The van der Waals surface area contributed by atoms with Crippen LogP contribution in [-0.2, 0) is 19.1 Å². The van der Waals surface area contributed by atoms with Crippen LogP contribution in [-0.4, -0.2) is 54.5 Å². The van der Waals surface area contributed by atoms with Gasteiger partial charge in [0.25, 0.3) is 5.91 Å². The number of carboxylic acid groups (broad SMARTS) is 1. The first-order chi connectivity index (χ1) is 16.5. The number of rotatable bonds is 6. The Labute approximate surface area is 197 Å². The lowest BCUT2D eigenvalue weighted by molar-refractivity contribution is -0.142. The number of aliphatic carboxylic acids is 1. The summed E-state index contributed by atoms with van der Waals surface area (Å²) in [4.78, 5) is 36.8. The van der Waals surface area contributed by atoms with Gasteiger partial charge in [-0.15, -0.1) is 0 Å². The van der Waals surface area contributed by atoms with E-state index in [0.717, 1.165) is 28.7 Å². The van der Waals surface area contributed by atoms with Crippen molar-refractivity contribution < 1.29 is 29.0 Å². The smallest absolute Gasteiger partial charge is 0.407 e. The molecule has 0 spiro atoms. The maximum absolute atomic E-state index is 12.8. The molecule has 8 heteroatoms. The van der Waals surface area contributed by atoms with E-state index in [9.17, 15) is 19.5 Å². The largest absolute Gasteiger partial charge is 0.481 e. The summed E-state index contributed by atoms with van der Waals surface area (Å²) in [6.45, 7) is 0.520. The van der Waals surface area contributed by atoms with Gasteiger partial charge < -0.3 is 25.2 Å². The molecule has 3 aliphatic rings. The van der Waals surface area contributed by atoms with E-state index in [-0.39, 0.29) is 18.4 Å². The second-order valence-corrected chi connectivity index (χ2v) is 9.15. The highest BCUT2D eigenvalue weighted by Crippen LogP contribution is 2.44. The molecular formula is C26H28N2O6. The van der Waals surface area contributed by atoms with Crippen molar-refractivity contribution in [2.75, 3.05) is 13.2 Å². The second-order valence-electron chi connectivity index (χ2n) is 9.15. The van der Waals surface area contributed by atoms with Crippen molar-refractivity contribution in [3.8, 4) is 11.1 Å². The van der Waals surface area contributed by atoms with Crippen LogP contribution in [0.4, 0.5) is 4.79 Å². The monoisotopic (exact) mass is 464 g/mol. The van der Waals surface area contributed by atoms with Crippen molar-refractivity contribution in [1.82, 2.24) is 10.6 Å². The lowest BCUT2D eigenvalue weighted by Gasteiger charge is -2.23. The van der Waals surface area contributed by atoms with Crippen LogP contribution in [0.1, 0.15) is 42.7 Å². The molecule has 4 atom stereocenters. The fraction of sp³-hybridized carbons (Fsp3) is 0.423. The highest BCUT2D eigenvalue weighted by Gasteiger charge is 2.40. The van der Waals surface area contributed by atoms with Crippen LogP contribution in [0.3, 0.4) is 0 Å². The normalized spacial score (nSPS) is 25.4. The molecule has 1 aliphatic heterocycles. The fourth-order valence-electron chi connectivity index (χ4n) is 5.48. The quantitative estimate of drug-likeness (QED) is 0.606. The van der Waals surface area contributed by atoms with Crippen LogP contribution in [0.15, 0.2) is 48.5 Å². The predicted molar refractivity (Wildman–Crippen MR) is 123 cm³/mol. The van der Waals surface area contributed by atoms with Crippen molar-refractivity contribution in [1.29, 1.82) is 0 Å². The van der Waals surface area contributed by atoms with Crippen molar-refractivity contribution in [2.24, 2.45) is 5.92 Å². The molecule has 0 aromatic heterocycles. The third-order valence-electron chi connectivity index (χ3n) is 7.16. The van der Waals surface area contributed by atoms with Gasteiger partial charge in [0.1, 0.15) is 6.61 Å². The molecular weight excluding hydrogens is 436 g/mol. The molecule has 2 unspecified atom stereocenters. The fourth-order valence-corrected chi connectivity index (χ4v) is 5.48. The Morgan fingerprint density at radius 2 is 1.59 bits per heavy atom. The van der Waals surface area contributed by atoms with Crippen LogP contribution in [0.5, 0.6) is 0 Å². The van der Waals surface area contributed by atoms with Crippen LogP contribution >= 0.6 is 0 Å². The van der Waals surface area contributed by atoms with Gasteiger partial charge in [-0.2, -0.15) is 0 Å². The number of amides is 2. The second kappa shape index (κ2) is 9.46. The predicted octanol–water partition coefficient (Wildman–Crippen LogP) is 3.05. The van der Waals surface area contributed by atoms with Gasteiger partial charge in [-0.05, 0) is 41.5 Å². The maximum Gasteiger partial charge on any atom is 0.407 e. The third kappa shape index (κ3) is 4.25. The van der Waals surface area contributed by atoms with Crippen LogP contribution in [0.25, 0.3) is 11.1 Å². The molecule has 2 aromatic rings. The highest BCUT2D eigenvalue weighted by atomic mass is 16.6. The molecule has 2 aromatic carbocycles. The number of hydrogen-bond donors (Lipinski definition) is 3. The third-order valence-corrected chi connectivity index (χ3v) is 7.16. The summed E-state index contributed by atoms with van der Waals surface area (Å²) in [5.74, 6) is -1.92. The number of benzene rings is 2. The van der Waals surface area contributed by atoms with E-state index >= 15 is 0 Å². The molecule has 0 bridgehead atoms. The van der Waals surface area contributed by atoms with Crippen molar-refractivity contribution in [3.05, 3.63) is 59.7 Å². The molecule has 2 fully saturated rings. The van der Waals surface area contributed by atoms with Crippen LogP contribution in [0, 0.1) is 5.92 Å². The topological polar surface area (TPSA) is 114 Å². The SMILES string of the molecule is O=C(NC1CCOC1C(=O)N[C@H]1CCC[C@H]1C(=O)O)OCC1c2ccccc2-c2ccccc21. The van der Waals surface area contributed by atoms with E-state index in [1.807, 2.05) is 24.3 Å². The van der Waals surface area contributed by atoms with Gasteiger partial charge >= 0.3 is 12.1 Å². The summed E-state index contributed by atoms with van der Waals surface area (Å²) < 4.78 is 11.2. The molecule has 0 radical (unpaired) electrons. The average molecular weight is 465 g/mol.